The van der Waals surface area contributed by atoms with E-state index in [1.54, 1.807) is 12.3 Å². The van der Waals surface area contributed by atoms with Crippen LogP contribution in [0.5, 0.6) is 11.5 Å². The van der Waals surface area contributed by atoms with Crippen molar-refractivity contribution in [2.24, 2.45) is 0 Å². The Morgan fingerprint density at radius 1 is 0.968 bits per heavy atom. The third-order valence-corrected chi connectivity index (χ3v) is 5.60. The molecule has 2 heterocycles. The lowest BCUT2D eigenvalue weighted by molar-refractivity contribution is 0.479. The predicted octanol–water partition coefficient (Wildman–Crippen LogP) is 5.37. The fourth-order valence-corrected chi connectivity index (χ4v) is 4.27. The van der Waals surface area contributed by atoms with Gasteiger partial charge in [-0.2, -0.15) is 0 Å². The second kappa shape index (κ2) is 10.3. The van der Waals surface area contributed by atoms with Crippen LogP contribution in [0.15, 0.2) is 54.7 Å². The molecule has 7 heteroatoms. The van der Waals surface area contributed by atoms with E-state index in [1.807, 2.05) is 43.4 Å². The summed E-state index contributed by atoms with van der Waals surface area (Å²) in [6.07, 6.45) is 2.91. The van der Waals surface area contributed by atoms with Crippen molar-refractivity contribution in [3.05, 3.63) is 70.3 Å². The molecule has 0 atom stereocenters. The van der Waals surface area contributed by atoms with Crippen molar-refractivity contribution in [1.82, 2.24) is 15.6 Å². The number of nitrogens with zero attached hydrogens (tertiary/aromatic N) is 2. The van der Waals surface area contributed by atoms with E-state index in [2.05, 4.69) is 26.6 Å². The highest BCUT2D eigenvalue weighted by Crippen LogP contribution is 2.32. The van der Waals surface area contributed by atoms with E-state index >= 15 is 0 Å². The van der Waals surface area contributed by atoms with Crippen molar-refractivity contribution < 1.29 is 4.74 Å². The Balaban J connectivity index is 1.57. The molecule has 1 aliphatic heterocycles. The molecule has 2 N–H and O–H groups in total. The Kier molecular flexibility index (Phi) is 7.30. The zero-order valence-corrected chi connectivity index (χ0v) is 19.0. The van der Waals surface area contributed by atoms with Crippen molar-refractivity contribution >= 4 is 29.0 Å². The lowest BCUT2D eigenvalue weighted by Gasteiger charge is -2.21. The van der Waals surface area contributed by atoms with E-state index in [-0.39, 0.29) is 0 Å². The van der Waals surface area contributed by atoms with E-state index in [1.165, 1.54) is 0 Å². The monoisotopic (exact) mass is 456 g/mol. The molecule has 0 saturated carbocycles. The Bertz CT molecular complexity index is 998. The fraction of sp³-hybridized carbons (Fsp3) is 0.292. The number of benzene rings is 2. The SMILES string of the molecule is CNCc1cc(Oc2ccc(N3CCCNCC3)nc2)cc(-c2cc(Cl)cc(Cl)c2)c1. The Morgan fingerprint density at radius 2 is 1.77 bits per heavy atom. The summed E-state index contributed by atoms with van der Waals surface area (Å²) in [6.45, 7) is 4.73. The van der Waals surface area contributed by atoms with Gasteiger partial charge in [0.15, 0.2) is 0 Å². The summed E-state index contributed by atoms with van der Waals surface area (Å²) in [6, 6.07) is 15.7. The molecule has 0 bridgehead atoms. The summed E-state index contributed by atoms with van der Waals surface area (Å²) in [5.41, 5.74) is 3.05. The highest BCUT2D eigenvalue weighted by molar-refractivity contribution is 6.35. The number of pyridine rings is 1. The molecular formula is C24H26Cl2N4O. The molecule has 0 radical (unpaired) electrons. The number of nitrogens with one attached hydrogen (secondary N) is 2. The van der Waals surface area contributed by atoms with Gasteiger partial charge in [-0.3, -0.25) is 0 Å². The molecule has 1 saturated heterocycles. The molecule has 1 aliphatic rings. The van der Waals surface area contributed by atoms with Gasteiger partial charge in [-0.15, -0.1) is 0 Å². The Labute approximate surface area is 193 Å². The zero-order chi connectivity index (χ0) is 21.6. The van der Waals surface area contributed by atoms with Crippen molar-refractivity contribution in [2.75, 3.05) is 38.1 Å². The molecule has 5 nitrogen and oxygen atoms in total. The average molecular weight is 457 g/mol. The van der Waals surface area contributed by atoms with Gasteiger partial charge in [0.25, 0.3) is 0 Å². The quantitative estimate of drug-likeness (QED) is 0.522. The summed E-state index contributed by atoms with van der Waals surface area (Å²) >= 11 is 12.4. The average Bonchev–Trinajstić information content (AvgIpc) is 3.03. The maximum absolute atomic E-state index is 6.22. The van der Waals surface area contributed by atoms with E-state index in [9.17, 15) is 0 Å². The summed E-state index contributed by atoms with van der Waals surface area (Å²) in [7, 11) is 1.92. The number of anilines is 1. The summed E-state index contributed by atoms with van der Waals surface area (Å²) < 4.78 is 6.17. The van der Waals surface area contributed by atoms with Crippen LogP contribution in [0.3, 0.4) is 0 Å². The topological polar surface area (TPSA) is 49.4 Å². The summed E-state index contributed by atoms with van der Waals surface area (Å²) in [5, 5.41) is 7.82. The molecule has 31 heavy (non-hydrogen) atoms. The van der Waals surface area contributed by atoms with Crippen LogP contribution in [0, 0.1) is 0 Å². The lowest BCUT2D eigenvalue weighted by atomic mass is 10.0. The molecule has 3 aromatic rings. The molecule has 1 aromatic heterocycles. The van der Waals surface area contributed by atoms with Gasteiger partial charge in [0, 0.05) is 36.2 Å². The minimum Gasteiger partial charge on any atom is -0.456 e. The molecule has 0 unspecified atom stereocenters. The van der Waals surface area contributed by atoms with Crippen molar-refractivity contribution in [2.45, 2.75) is 13.0 Å². The van der Waals surface area contributed by atoms with Gasteiger partial charge in [-0.25, -0.2) is 4.98 Å². The Morgan fingerprint density at radius 3 is 2.52 bits per heavy atom. The second-order valence-corrected chi connectivity index (χ2v) is 8.47. The third-order valence-electron chi connectivity index (χ3n) is 5.16. The molecule has 0 spiro atoms. The second-order valence-electron chi connectivity index (χ2n) is 7.60. The number of halogens is 2. The highest BCUT2D eigenvalue weighted by Gasteiger charge is 2.12. The van der Waals surface area contributed by atoms with Crippen LogP contribution in [0.25, 0.3) is 11.1 Å². The normalized spacial score (nSPS) is 14.4. The van der Waals surface area contributed by atoms with Crippen LogP contribution in [-0.2, 0) is 6.54 Å². The molecule has 2 aromatic carbocycles. The summed E-state index contributed by atoms with van der Waals surface area (Å²) in [5.74, 6) is 2.43. The number of hydrogen-bond donors (Lipinski definition) is 2. The minimum absolute atomic E-state index is 0.604. The van der Waals surface area contributed by atoms with Crippen molar-refractivity contribution in [3.8, 4) is 22.6 Å². The number of hydrogen-bond acceptors (Lipinski definition) is 5. The smallest absolute Gasteiger partial charge is 0.145 e. The van der Waals surface area contributed by atoms with E-state index < -0.39 is 0 Å². The first-order valence-electron chi connectivity index (χ1n) is 10.5. The van der Waals surface area contributed by atoms with Gasteiger partial charge >= 0.3 is 0 Å². The van der Waals surface area contributed by atoms with Crippen LogP contribution >= 0.6 is 23.2 Å². The number of aromatic nitrogens is 1. The number of ether oxygens (including phenoxy) is 1. The Hall–Kier alpha value is -2.31. The van der Waals surface area contributed by atoms with E-state index in [4.69, 9.17) is 27.9 Å². The molecule has 4 rings (SSSR count). The van der Waals surface area contributed by atoms with Gasteiger partial charge in [0.2, 0.25) is 0 Å². The first-order chi connectivity index (χ1) is 15.1. The highest BCUT2D eigenvalue weighted by atomic mass is 35.5. The van der Waals surface area contributed by atoms with Crippen LogP contribution in [0.1, 0.15) is 12.0 Å². The molecule has 0 aliphatic carbocycles. The van der Waals surface area contributed by atoms with Gasteiger partial charge in [0.1, 0.15) is 17.3 Å². The van der Waals surface area contributed by atoms with Gasteiger partial charge < -0.3 is 20.3 Å². The van der Waals surface area contributed by atoms with E-state index in [0.29, 0.717) is 15.8 Å². The predicted molar refractivity (Wildman–Crippen MR) is 129 cm³/mol. The van der Waals surface area contributed by atoms with Crippen molar-refractivity contribution in [1.29, 1.82) is 0 Å². The number of rotatable bonds is 6. The fourth-order valence-electron chi connectivity index (χ4n) is 3.74. The molecular weight excluding hydrogens is 431 g/mol. The van der Waals surface area contributed by atoms with Crippen LogP contribution < -0.4 is 20.3 Å². The van der Waals surface area contributed by atoms with Crippen LogP contribution in [0.4, 0.5) is 5.82 Å². The third kappa shape index (κ3) is 5.89. The van der Waals surface area contributed by atoms with Gasteiger partial charge in [-0.1, -0.05) is 23.2 Å². The summed E-state index contributed by atoms with van der Waals surface area (Å²) in [4.78, 5) is 6.93. The zero-order valence-electron chi connectivity index (χ0n) is 17.5. The van der Waals surface area contributed by atoms with E-state index in [0.717, 1.165) is 67.4 Å². The van der Waals surface area contributed by atoms with Crippen LogP contribution in [-0.4, -0.2) is 38.2 Å². The standard InChI is InChI=1S/C24H26Cl2N4O/c1-27-15-17-9-18(19-11-20(25)14-21(26)12-19)13-23(10-17)31-22-3-4-24(29-16-22)30-7-2-5-28-6-8-30/h3-4,9-14,16,27-28H,2,5-8,15H2,1H3. The maximum Gasteiger partial charge on any atom is 0.145 e. The largest absolute Gasteiger partial charge is 0.456 e. The maximum atomic E-state index is 6.22. The van der Waals surface area contributed by atoms with Crippen LogP contribution in [0.2, 0.25) is 10.0 Å². The minimum atomic E-state index is 0.604. The molecule has 0 amide bonds. The van der Waals surface area contributed by atoms with Crippen molar-refractivity contribution in [3.63, 3.8) is 0 Å². The lowest BCUT2D eigenvalue weighted by Crippen LogP contribution is -2.28. The first kappa shape index (κ1) is 21.9. The first-order valence-corrected chi connectivity index (χ1v) is 11.2. The molecule has 1 fully saturated rings. The van der Waals surface area contributed by atoms with Gasteiger partial charge in [0.05, 0.1) is 6.20 Å². The van der Waals surface area contributed by atoms with Gasteiger partial charge in [-0.05, 0) is 85.2 Å². The molecule has 162 valence electrons.